The van der Waals surface area contributed by atoms with E-state index in [0.717, 1.165) is 13.1 Å². The van der Waals surface area contributed by atoms with E-state index in [0.29, 0.717) is 30.1 Å². The number of hydrogen-bond donors (Lipinski definition) is 0. The lowest BCUT2D eigenvalue weighted by Gasteiger charge is -2.35. The fourth-order valence-corrected chi connectivity index (χ4v) is 3.87. The fraction of sp³-hybridized carbons (Fsp3) is 0.857. The van der Waals surface area contributed by atoms with Gasteiger partial charge in [0.1, 0.15) is 0 Å². The predicted molar refractivity (Wildman–Crippen MR) is 80.0 cm³/mol. The van der Waals surface area contributed by atoms with Gasteiger partial charge in [-0.2, -0.15) is 17.0 Å². The maximum absolute atomic E-state index is 12.3. The molecule has 3 unspecified atom stereocenters. The van der Waals surface area contributed by atoms with Crippen LogP contribution in [0.2, 0.25) is 0 Å². The third-order valence-electron chi connectivity index (χ3n) is 3.30. The van der Waals surface area contributed by atoms with Crippen LogP contribution in [0.3, 0.4) is 0 Å². The molecule has 0 radical (unpaired) electrons. The monoisotopic (exact) mass is 283 g/mol. The van der Waals surface area contributed by atoms with Gasteiger partial charge in [0.2, 0.25) is 5.91 Å². The second-order valence-electron chi connectivity index (χ2n) is 5.41. The lowest BCUT2D eigenvalue weighted by molar-refractivity contribution is -0.132. The van der Waals surface area contributed by atoms with E-state index in [9.17, 15) is 4.79 Å². The predicted octanol–water partition coefficient (Wildman–Crippen LogP) is 1.82. The van der Waals surface area contributed by atoms with E-state index >= 15 is 0 Å². The highest BCUT2D eigenvalue weighted by Gasteiger charge is 2.25. The van der Waals surface area contributed by atoms with Crippen LogP contribution in [0.1, 0.15) is 27.7 Å². The Kier molecular flexibility index (Phi) is 6.67. The summed E-state index contributed by atoms with van der Waals surface area (Å²) >= 11 is 1.99. The molecule has 0 aromatic carbocycles. The molecule has 0 bridgehead atoms. The van der Waals surface area contributed by atoms with Gasteiger partial charge in [-0.25, -0.2) is 0 Å². The average molecular weight is 283 g/mol. The van der Waals surface area contributed by atoms with E-state index in [2.05, 4.69) is 24.8 Å². The topological polar surface area (TPSA) is 47.3 Å². The molecule has 5 heteroatoms. The van der Waals surface area contributed by atoms with Gasteiger partial charge in [0.15, 0.2) is 0 Å². The maximum Gasteiger partial charge on any atom is 0.236 e. The molecule has 19 heavy (non-hydrogen) atoms. The Balaban J connectivity index is 2.50. The van der Waals surface area contributed by atoms with Crippen LogP contribution in [0.15, 0.2) is 0 Å². The molecule has 1 saturated heterocycles. The summed E-state index contributed by atoms with van der Waals surface area (Å²) in [5, 5.41) is 10.0. The molecular weight excluding hydrogens is 258 g/mol. The van der Waals surface area contributed by atoms with Gasteiger partial charge < -0.3 is 4.90 Å². The van der Waals surface area contributed by atoms with Gasteiger partial charge in [-0.1, -0.05) is 13.8 Å². The number of thioether (sulfide) groups is 1. The minimum atomic E-state index is -0.0985. The molecule has 0 N–H and O–H groups in total. The van der Waals surface area contributed by atoms with Crippen molar-refractivity contribution in [1.29, 1.82) is 5.26 Å². The third kappa shape index (κ3) is 5.42. The summed E-state index contributed by atoms with van der Waals surface area (Å²) in [7, 11) is 0. The molecule has 0 aromatic rings. The Morgan fingerprint density at radius 2 is 2.05 bits per heavy atom. The highest BCUT2D eigenvalue weighted by atomic mass is 32.2. The number of nitrogens with zero attached hydrogens (tertiary/aromatic N) is 3. The van der Waals surface area contributed by atoms with Crippen molar-refractivity contribution in [2.24, 2.45) is 5.92 Å². The Labute approximate surface area is 121 Å². The summed E-state index contributed by atoms with van der Waals surface area (Å²) in [6, 6.07) is 2.19. The van der Waals surface area contributed by atoms with E-state index < -0.39 is 0 Å². The summed E-state index contributed by atoms with van der Waals surface area (Å²) in [4.78, 5) is 16.3. The average Bonchev–Trinajstić information content (AvgIpc) is 2.34. The van der Waals surface area contributed by atoms with Crippen LogP contribution < -0.4 is 0 Å². The second-order valence-corrected chi connectivity index (χ2v) is 7.30. The van der Waals surface area contributed by atoms with Crippen LogP contribution in [-0.4, -0.2) is 58.9 Å². The normalized spacial score (nSPS) is 25.6. The van der Waals surface area contributed by atoms with Crippen molar-refractivity contribution < 1.29 is 4.79 Å². The lowest BCUT2D eigenvalue weighted by atomic mass is 10.2. The maximum atomic E-state index is 12.3. The fourth-order valence-electron chi connectivity index (χ4n) is 2.48. The van der Waals surface area contributed by atoms with E-state index in [4.69, 9.17) is 5.26 Å². The van der Waals surface area contributed by atoms with Crippen LogP contribution in [0, 0.1) is 17.2 Å². The third-order valence-corrected chi connectivity index (χ3v) is 4.53. The van der Waals surface area contributed by atoms with Crippen molar-refractivity contribution in [2.45, 2.75) is 38.2 Å². The molecule has 0 aromatic heterocycles. The van der Waals surface area contributed by atoms with Crippen LogP contribution in [0.4, 0.5) is 0 Å². The first kappa shape index (κ1) is 16.3. The van der Waals surface area contributed by atoms with Crippen LogP contribution in [0.25, 0.3) is 0 Å². The first-order valence-corrected chi connectivity index (χ1v) is 7.95. The van der Waals surface area contributed by atoms with E-state index in [-0.39, 0.29) is 11.8 Å². The van der Waals surface area contributed by atoms with Crippen molar-refractivity contribution in [1.82, 2.24) is 9.80 Å². The van der Waals surface area contributed by atoms with Crippen molar-refractivity contribution in [3.05, 3.63) is 0 Å². The van der Waals surface area contributed by atoms with E-state index in [1.807, 2.05) is 25.6 Å². The summed E-state index contributed by atoms with van der Waals surface area (Å²) in [5.41, 5.74) is 0. The number of carbonyl (C=O) groups is 1. The molecule has 1 amide bonds. The van der Waals surface area contributed by atoms with Crippen molar-refractivity contribution in [2.75, 3.05) is 32.7 Å². The highest BCUT2D eigenvalue weighted by molar-refractivity contribution is 8.00. The molecule has 0 saturated carbocycles. The van der Waals surface area contributed by atoms with Gasteiger partial charge in [0.05, 0.1) is 18.5 Å². The molecule has 1 aliphatic rings. The number of likely N-dealkylation sites (N-methyl/N-ethyl adjacent to an activating group) is 1. The minimum absolute atomic E-state index is 0.0985. The molecular formula is C14H25N3OS. The first-order valence-electron chi connectivity index (χ1n) is 7.01. The standard InChI is InChI=1S/C14H25N3OS/c1-5-17(7-11(2)6-15)14(18)10-16-8-12(3)19-13(4)9-16/h11-13H,5,7-10H2,1-4H3. The molecule has 0 spiro atoms. The number of amides is 1. The van der Waals surface area contributed by atoms with Gasteiger partial charge in [0, 0.05) is 36.7 Å². The van der Waals surface area contributed by atoms with Crippen molar-refractivity contribution in [3.8, 4) is 6.07 Å². The highest BCUT2D eigenvalue weighted by Crippen LogP contribution is 2.24. The lowest BCUT2D eigenvalue weighted by Crippen LogP contribution is -2.47. The van der Waals surface area contributed by atoms with Crippen molar-refractivity contribution in [3.63, 3.8) is 0 Å². The second kappa shape index (κ2) is 7.76. The SMILES string of the molecule is CCN(CC(C)C#N)C(=O)CN1CC(C)SC(C)C1. The Morgan fingerprint density at radius 1 is 1.47 bits per heavy atom. The molecule has 3 atom stereocenters. The quantitative estimate of drug-likeness (QED) is 0.772. The number of carbonyl (C=O) groups excluding carboxylic acids is 1. The Hall–Kier alpha value is -0.730. The van der Waals surface area contributed by atoms with Crippen LogP contribution in [0.5, 0.6) is 0 Å². The molecule has 1 fully saturated rings. The van der Waals surface area contributed by atoms with Gasteiger partial charge in [0.25, 0.3) is 0 Å². The van der Waals surface area contributed by atoms with Gasteiger partial charge >= 0.3 is 0 Å². The van der Waals surface area contributed by atoms with E-state index in [1.54, 1.807) is 4.90 Å². The molecule has 1 rings (SSSR count). The number of rotatable bonds is 5. The Morgan fingerprint density at radius 3 is 2.53 bits per heavy atom. The smallest absolute Gasteiger partial charge is 0.236 e. The zero-order valence-electron chi connectivity index (χ0n) is 12.4. The summed E-state index contributed by atoms with van der Waals surface area (Å²) in [6.07, 6.45) is 0. The minimum Gasteiger partial charge on any atom is -0.341 e. The van der Waals surface area contributed by atoms with Crippen molar-refractivity contribution >= 4 is 17.7 Å². The van der Waals surface area contributed by atoms with Gasteiger partial charge in [-0.15, -0.1) is 0 Å². The molecule has 4 nitrogen and oxygen atoms in total. The number of hydrogen-bond acceptors (Lipinski definition) is 4. The Bertz CT molecular complexity index is 332. The van der Waals surface area contributed by atoms with Crippen LogP contribution in [-0.2, 0) is 4.79 Å². The van der Waals surface area contributed by atoms with Crippen LogP contribution >= 0.6 is 11.8 Å². The number of nitriles is 1. The summed E-state index contributed by atoms with van der Waals surface area (Å²) < 4.78 is 0. The zero-order valence-corrected chi connectivity index (χ0v) is 13.2. The largest absolute Gasteiger partial charge is 0.341 e. The van der Waals surface area contributed by atoms with Gasteiger partial charge in [-0.3, -0.25) is 9.69 Å². The molecule has 0 aliphatic carbocycles. The van der Waals surface area contributed by atoms with Gasteiger partial charge in [-0.05, 0) is 13.8 Å². The zero-order chi connectivity index (χ0) is 14.4. The summed E-state index contributed by atoms with van der Waals surface area (Å²) in [6.45, 7) is 11.9. The summed E-state index contributed by atoms with van der Waals surface area (Å²) in [5.74, 6) is 0.0505. The molecule has 108 valence electrons. The van der Waals surface area contributed by atoms with E-state index in [1.165, 1.54) is 0 Å². The molecule has 1 aliphatic heterocycles. The first-order chi connectivity index (χ1) is 8.96. The molecule has 1 heterocycles.